The van der Waals surface area contributed by atoms with Gasteiger partial charge in [-0.05, 0) is 31.7 Å². The van der Waals surface area contributed by atoms with Crippen molar-refractivity contribution in [3.63, 3.8) is 0 Å². The minimum Gasteiger partial charge on any atom is -0.480 e. The number of nitro groups is 1. The van der Waals surface area contributed by atoms with E-state index in [4.69, 9.17) is 0 Å². The van der Waals surface area contributed by atoms with Crippen molar-refractivity contribution in [1.29, 1.82) is 0 Å². The van der Waals surface area contributed by atoms with Crippen LogP contribution in [0.3, 0.4) is 0 Å². The molecule has 2 N–H and O–H groups in total. The predicted molar refractivity (Wildman–Crippen MR) is 95.6 cm³/mol. The fourth-order valence-electron chi connectivity index (χ4n) is 2.77. The Balaban J connectivity index is 1.94. The van der Waals surface area contributed by atoms with Gasteiger partial charge in [-0.15, -0.1) is 0 Å². The summed E-state index contributed by atoms with van der Waals surface area (Å²) in [5.74, 6) is -0.901. The van der Waals surface area contributed by atoms with Gasteiger partial charge in [0.1, 0.15) is 6.04 Å². The normalized spacial score (nSPS) is 13.2. The number of aliphatic carboxylic acids is 1. The lowest BCUT2D eigenvalue weighted by Gasteiger charge is -2.20. The molecular weight excluding hydrogens is 320 g/mol. The SMILES string of the molecule is CC(CCc1ccccc1[N+](=O)[O-])N[C@@H](Cc1ccccc1)C(=O)O. The van der Waals surface area contributed by atoms with Gasteiger partial charge in [-0.2, -0.15) is 0 Å². The molecule has 0 aliphatic carbocycles. The molecule has 0 radical (unpaired) electrons. The standard InChI is InChI=1S/C19H22N2O4/c1-14(11-12-16-9-5-6-10-18(16)21(24)25)20-17(19(22)23)13-15-7-3-2-4-8-15/h2-10,14,17,20H,11-13H2,1H3,(H,22,23)/t14?,17-/m0/s1. The Morgan fingerprint density at radius 1 is 1.16 bits per heavy atom. The maximum atomic E-state index is 11.5. The third-order valence-corrected chi connectivity index (χ3v) is 4.10. The van der Waals surface area contributed by atoms with E-state index in [1.807, 2.05) is 37.3 Å². The van der Waals surface area contributed by atoms with Crippen molar-refractivity contribution < 1.29 is 14.8 Å². The highest BCUT2D eigenvalue weighted by atomic mass is 16.6. The number of benzene rings is 2. The van der Waals surface area contributed by atoms with Gasteiger partial charge >= 0.3 is 5.97 Å². The molecule has 0 saturated carbocycles. The van der Waals surface area contributed by atoms with Crippen molar-refractivity contribution in [3.05, 3.63) is 75.8 Å². The molecule has 0 aliphatic rings. The van der Waals surface area contributed by atoms with Gasteiger partial charge in [0.2, 0.25) is 0 Å². The van der Waals surface area contributed by atoms with E-state index in [1.165, 1.54) is 6.07 Å². The summed E-state index contributed by atoms with van der Waals surface area (Å²) in [4.78, 5) is 22.2. The predicted octanol–water partition coefficient (Wildman–Crippen LogP) is 3.20. The summed E-state index contributed by atoms with van der Waals surface area (Å²) in [5, 5.41) is 23.6. The average Bonchev–Trinajstić information content (AvgIpc) is 2.60. The number of carbonyl (C=O) groups is 1. The number of para-hydroxylation sites is 1. The molecule has 132 valence electrons. The van der Waals surface area contributed by atoms with Crippen LogP contribution in [-0.4, -0.2) is 28.1 Å². The van der Waals surface area contributed by atoms with Crippen LogP contribution in [0.15, 0.2) is 54.6 Å². The molecule has 25 heavy (non-hydrogen) atoms. The zero-order valence-corrected chi connectivity index (χ0v) is 14.1. The molecule has 6 nitrogen and oxygen atoms in total. The van der Waals surface area contributed by atoms with Gasteiger partial charge in [-0.1, -0.05) is 48.5 Å². The summed E-state index contributed by atoms with van der Waals surface area (Å²) >= 11 is 0. The van der Waals surface area contributed by atoms with Crippen molar-refractivity contribution in [2.75, 3.05) is 0 Å². The van der Waals surface area contributed by atoms with E-state index in [9.17, 15) is 20.0 Å². The lowest BCUT2D eigenvalue weighted by molar-refractivity contribution is -0.385. The highest BCUT2D eigenvalue weighted by molar-refractivity contribution is 5.74. The summed E-state index contributed by atoms with van der Waals surface area (Å²) in [5.41, 5.74) is 1.72. The summed E-state index contributed by atoms with van der Waals surface area (Å²) in [6.07, 6.45) is 1.53. The number of nitrogens with zero attached hydrogens (tertiary/aromatic N) is 1. The van der Waals surface area contributed by atoms with E-state index in [1.54, 1.807) is 18.2 Å². The van der Waals surface area contributed by atoms with E-state index < -0.39 is 12.0 Å². The molecule has 0 heterocycles. The molecule has 0 bridgehead atoms. The van der Waals surface area contributed by atoms with Gasteiger partial charge in [0.05, 0.1) is 4.92 Å². The summed E-state index contributed by atoms with van der Waals surface area (Å²) in [6, 6.07) is 15.3. The Morgan fingerprint density at radius 2 is 1.80 bits per heavy atom. The van der Waals surface area contributed by atoms with Crippen LogP contribution in [0.25, 0.3) is 0 Å². The number of carboxylic acids is 1. The molecule has 0 spiro atoms. The number of nitro benzene ring substituents is 1. The third-order valence-electron chi connectivity index (χ3n) is 4.10. The minimum absolute atomic E-state index is 0.0791. The van der Waals surface area contributed by atoms with Crippen LogP contribution in [0, 0.1) is 10.1 Å². The molecule has 1 unspecified atom stereocenters. The average molecular weight is 342 g/mol. The first-order valence-corrected chi connectivity index (χ1v) is 8.22. The number of hydrogen-bond donors (Lipinski definition) is 2. The molecular formula is C19H22N2O4. The molecule has 0 amide bonds. The number of hydrogen-bond acceptors (Lipinski definition) is 4. The Bertz CT molecular complexity index is 718. The van der Waals surface area contributed by atoms with E-state index in [-0.39, 0.29) is 16.7 Å². The monoisotopic (exact) mass is 342 g/mol. The Labute approximate surface area is 146 Å². The lowest BCUT2D eigenvalue weighted by atomic mass is 10.0. The largest absolute Gasteiger partial charge is 0.480 e. The zero-order chi connectivity index (χ0) is 18.2. The van der Waals surface area contributed by atoms with Crippen LogP contribution in [0.4, 0.5) is 5.69 Å². The molecule has 2 aromatic carbocycles. The smallest absolute Gasteiger partial charge is 0.321 e. The van der Waals surface area contributed by atoms with Crippen LogP contribution in [-0.2, 0) is 17.6 Å². The van der Waals surface area contributed by atoms with Crippen LogP contribution >= 0.6 is 0 Å². The molecule has 2 rings (SSSR count). The molecule has 0 aromatic heterocycles. The van der Waals surface area contributed by atoms with E-state index in [2.05, 4.69) is 5.32 Å². The van der Waals surface area contributed by atoms with Gasteiger partial charge in [0, 0.05) is 17.7 Å². The topological polar surface area (TPSA) is 92.5 Å². The summed E-state index contributed by atoms with van der Waals surface area (Å²) in [6.45, 7) is 1.90. The van der Waals surface area contributed by atoms with Gasteiger partial charge in [-0.3, -0.25) is 14.9 Å². The number of nitrogens with one attached hydrogen (secondary N) is 1. The van der Waals surface area contributed by atoms with E-state index >= 15 is 0 Å². The van der Waals surface area contributed by atoms with Gasteiger partial charge in [0.25, 0.3) is 5.69 Å². The summed E-state index contributed by atoms with van der Waals surface area (Å²) in [7, 11) is 0. The van der Waals surface area contributed by atoms with Crippen LogP contribution in [0.2, 0.25) is 0 Å². The minimum atomic E-state index is -0.901. The zero-order valence-electron chi connectivity index (χ0n) is 14.1. The highest BCUT2D eigenvalue weighted by Gasteiger charge is 2.20. The first-order chi connectivity index (χ1) is 12.0. The van der Waals surface area contributed by atoms with E-state index in [0.717, 1.165) is 5.56 Å². The van der Waals surface area contributed by atoms with Crippen molar-refractivity contribution >= 4 is 11.7 Å². The second-order valence-corrected chi connectivity index (χ2v) is 6.07. The maximum Gasteiger partial charge on any atom is 0.321 e. The molecule has 0 aliphatic heterocycles. The molecule has 2 atom stereocenters. The van der Waals surface area contributed by atoms with Crippen LogP contribution in [0.5, 0.6) is 0 Å². The molecule has 0 saturated heterocycles. The van der Waals surface area contributed by atoms with Crippen molar-refractivity contribution in [1.82, 2.24) is 5.32 Å². The van der Waals surface area contributed by atoms with Crippen molar-refractivity contribution in [3.8, 4) is 0 Å². The Hall–Kier alpha value is -2.73. The van der Waals surface area contributed by atoms with Crippen LogP contribution < -0.4 is 5.32 Å². The Kier molecular flexibility index (Phi) is 6.65. The second kappa shape index (κ2) is 8.94. The number of aryl methyl sites for hydroxylation is 1. The lowest BCUT2D eigenvalue weighted by Crippen LogP contribution is -2.43. The molecule has 2 aromatic rings. The van der Waals surface area contributed by atoms with Gasteiger partial charge in [-0.25, -0.2) is 0 Å². The van der Waals surface area contributed by atoms with Crippen molar-refractivity contribution in [2.24, 2.45) is 0 Å². The molecule has 6 heteroatoms. The van der Waals surface area contributed by atoms with Crippen molar-refractivity contribution in [2.45, 2.75) is 38.3 Å². The number of carboxylic acid groups (broad SMARTS) is 1. The highest BCUT2D eigenvalue weighted by Crippen LogP contribution is 2.19. The van der Waals surface area contributed by atoms with E-state index in [0.29, 0.717) is 24.8 Å². The van der Waals surface area contributed by atoms with Gasteiger partial charge < -0.3 is 10.4 Å². The number of rotatable bonds is 9. The van der Waals surface area contributed by atoms with Gasteiger partial charge in [0.15, 0.2) is 0 Å². The quantitative estimate of drug-likeness (QED) is 0.539. The Morgan fingerprint density at radius 3 is 2.44 bits per heavy atom. The molecule has 0 fully saturated rings. The first kappa shape index (κ1) is 18.6. The third kappa shape index (κ3) is 5.69. The maximum absolute atomic E-state index is 11.5. The first-order valence-electron chi connectivity index (χ1n) is 8.22. The fourth-order valence-corrected chi connectivity index (χ4v) is 2.77. The summed E-state index contributed by atoms with van der Waals surface area (Å²) < 4.78 is 0. The fraction of sp³-hybridized carbons (Fsp3) is 0.316. The van der Waals surface area contributed by atoms with Crippen LogP contribution in [0.1, 0.15) is 24.5 Å². The second-order valence-electron chi connectivity index (χ2n) is 6.07.